The summed E-state index contributed by atoms with van der Waals surface area (Å²) in [5, 5.41) is 2.70. The van der Waals surface area contributed by atoms with Gasteiger partial charge >= 0.3 is 5.97 Å². The highest BCUT2D eigenvalue weighted by Gasteiger charge is 2.47. The lowest BCUT2D eigenvalue weighted by Crippen LogP contribution is -2.30. The molecule has 0 radical (unpaired) electrons. The first-order valence-corrected chi connectivity index (χ1v) is 11.0. The molecule has 1 fully saturated rings. The van der Waals surface area contributed by atoms with Gasteiger partial charge in [-0.05, 0) is 67.8 Å². The molecule has 0 bridgehead atoms. The third-order valence-corrected chi connectivity index (χ3v) is 6.16. The van der Waals surface area contributed by atoms with Gasteiger partial charge in [-0.25, -0.2) is 4.79 Å². The zero-order chi connectivity index (χ0) is 22.8. The summed E-state index contributed by atoms with van der Waals surface area (Å²) in [5.41, 5.74) is 2.15. The molecule has 1 aliphatic heterocycles. The zero-order valence-corrected chi connectivity index (χ0v) is 18.9. The minimum atomic E-state index is -0.670. The lowest BCUT2D eigenvalue weighted by Gasteiger charge is -2.15. The fourth-order valence-electron chi connectivity index (χ4n) is 3.97. The van der Waals surface area contributed by atoms with Crippen molar-refractivity contribution in [1.29, 1.82) is 0 Å². The molecule has 164 valence electrons. The van der Waals surface area contributed by atoms with Crippen LogP contribution in [0.5, 0.6) is 0 Å². The number of aryl methyl sites for hydroxylation is 1. The quantitative estimate of drug-likeness (QED) is 0.383. The van der Waals surface area contributed by atoms with Gasteiger partial charge in [0.1, 0.15) is 0 Å². The van der Waals surface area contributed by atoms with E-state index in [4.69, 9.17) is 4.74 Å². The molecule has 1 saturated heterocycles. The number of imide groups is 1. The van der Waals surface area contributed by atoms with E-state index < -0.39 is 18.5 Å². The summed E-state index contributed by atoms with van der Waals surface area (Å²) in [6, 6.07) is 11.5. The van der Waals surface area contributed by atoms with E-state index in [9.17, 15) is 19.2 Å². The fraction of sp³-hybridized carbons (Fsp3) is 0.250. The van der Waals surface area contributed by atoms with E-state index in [1.54, 1.807) is 24.3 Å². The van der Waals surface area contributed by atoms with Gasteiger partial charge in [0.2, 0.25) is 11.8 Å². The van der Waals surface area contributed by atoms with E-state index >= 15 is 0 Å². The van der Waals surface area contributed by atoms with Crippen LogP contribution in [0.1, 0.15) is 28.8 Å². The molecule has 8 heteroatoms. The molecule has 0 saturated carbocycles. The Labute approximate surface area is 193 Å². The van der Waals surface area contributed by atoms with Crippen LogP contribution < -0.4 is 10.2 Å². The molecule has 3 amide bonds. The Kier molecular flexibility index (Phi) is 6.23. The number of hydrogen-bond acceptors (Lipinski definition) is 5. The Hall–Kier alpha value is -3.26. The van der Waals surface area contributed by atoms with E-state index in [0.29, 0.717) is 24.2 Å². The molecular formula is C24H21BrN2O5. The summed E-state index contributed by atoms with van der Waals surface area (Å²) in [6.45, 7) is 1.42. The van der Waals surface area contributed by atoms with Crippen LogP contribution in [0.3, 0.4) is 0 Å². The van der Waals surface area contributed by atoms with Crippen molar-refractivity contribution in [2.24, 2.45) is 11.8 Å². The highest BCUT2D eigenvalue weighted by Crippen LogP contribution is 2.37. The largest absolute Gasteiger partial charge is 0.452 e. The van der Waals surface area contributed by atoms with Gasteiger partial charge in [0, 0.05) is 10.2 Å². The first-order chi connectivity index (χ1) is 15.3. The summed E-state index contributed by atoms with van der Waals surface area (Å²) in [6.07, 6.45) is 5.00. The van der Waals surface area contributed by atoms with Gasteiger partial charge < -0.3 is 10.1 Å². The molecule has 1 heterocycles. The normalized spacial score (nSPS) is 19.6. The van der Waals surface area contributed by atoms with Gasteiger partial charge in [0.15, 0.2) is 6.61 Å². The number of esters is 1. The van der Waals surface area contributed by atoms with Crippen molar-refractivity contribution < 1.29 is 23.9 Å². The standard InChI is InChI=1S/C24H21BrN2O5/c1-14-12-16(25)8-11-20(14)26-21(28)13-32-24(31)15-6-9-17(10-7-15)27-22(29)18-4-2-3-5-19(18)23(27)30/h2-3,6-12,18-19H,4-5,13H2,1H3,(H,26,28)/t18-,19-/m0/s1. The number of benzene rings is 2. The highest BCUT2D eigenvalue weighted by atomic mass is 79.9. The monoisotopic (exact) mass is 496 g/mol. The summed E-state index contributed by atoms with van der Waals surface area (Å²) in [4.78, 5) is 51.0. The maximum absolute atomic E-state index is 12.7. The number of rotatable bonds is 5. The van der Waals surface area contributed by atoms with Gasteiger partial charge in [-0.2, -0.15) is 0 Å². The van der Waals surface area contributed by atoms with Crippen molar-refractivity contribution >= 4 is 51.0 Å². The fourth-order valence-corrected chi connectivity index (χ4v) is 4.44. The molecule has 4 rings (SSSR count). The van der Waals surface area contributed by atoms with Gasteiger partial charge in [0.05, 0.1) is 23.1 Å². The van der Waals surface area contributed by atoms with E-state index in [1.165, 1.54) is 17.0 Å². The minimum Gasteiger partial charge on any atom is -0.452 e. The van der Waals surface area contributed by atoms with Gasteiger partial charge in [-0.1, -0.05) is 28.1 Å². The summed E-state index contributed by atoms with van der Waals surface area (Å²) in [5.74, 6) is -2.17. The predicted octanol–water partition coefficient (Wildman–Crippen LogP) is 4.01. The molecule has 2 aromatic carbocycles. The molecule has 32 heavy (non-hydrogen) atoms. The minimum absolute atomic E-state index is 0.209. The Morgan fingerprint density at radius 2 is 1.66 bits per heavy atom. The molecule has 7 nitrogen and oxygen atoms in total. The number of carbonyl (C=O) groups is 4. The Morgan fingerprint density at radius 3 is 2.25 bits per heavy atom. The van der Waals surface area contributed by atoms with Crippen molar-refractivity contribution in [3.8, 4) is 0 Å². The lowest BCUT2D eigenvalue weighted by molar-refractivity contribution is -0.122. The summed E-state index contributed by atoms with van der Waals surface area (Å²) < 4.78 is 5.99. The maximum Gasteiger partial charge on any atom is 0.338 e. The summed E-state index contributed by atoms with van der Waals surface area (Å²) >= 11 is 3.36. The van der Waals surface area contributed by atoms with E-state index in [2.05, 4.69) is 21.2 Å². The van der Waals surface area contributed by atoms with Crippen molar-refractivity contribution in [1.82, 2.24) is 0 Å². The van der Waals surface area contributed by atoms with Crippen molar-refractivity contribution in [2.75, 3.05) is 16.8 Å². The van der Waals surface area contributed by atoms with Crippen LogP contribution >= 0.6 is 15.9 Å². The summed E-state index contributed by atoms with van der Waals surface area (Å²) in [7, 11) is 0. The topological polar surface area (TPSA) is 92.8 Å². The average molecular weight is 497 g/mol. The second kappa shape index (κ2) is 9.08. The Bertz CT molecular complexity index is 1100. The molecule has 2 atom stereocenters. The number of carbonyl (C=O) groups excluding carboxylic acids is 4. The van der Waals surface area contributed by atoms with Crippen molar-refractivity contribution in [3.05, 3.63) is 70.2 Å². The van der Waals surface area contributed by atoms with Crippen LogP contribution in [0, 0.1) is 18.8 Å². The van der Waals surface area contributed by atoms with Crippen LogP contribution in [0.2, 0.25) is 0 Å². The number of fused-ring (bicyclic) bond motifs is 1. The molecular weight excluding hydrogens is 476 g/mol. The van der Waals surface area contributed by atoms with Crippen LogP contribution in [-0.4, -0.2) is 30.3 Å². The van der Waals surface area contributed by atoms with E-state index in [1.807, 2.05) is 25.1 Å². The third kappa shape index (κ3) is 4.36. The highest BCUT2D eigenvalue weighted by molar-refractivity contribution is 9.10. The maximum atomic E-state index is 12.7. The SMILES string of the molecule is Cc1cc(Br)ccc1NC(=O)COC(=O)c1ccc(N2C(=O)[C@H]3CC=CC[C@@H]3C2=O)cc1. The number of ether oxygens (including phenoxy) is 1. The van der Waals surface area contributed by atoms with E-state index in [0.717, 1.165) is 10.0 Å². The number of nitrogens with one attached hydrogen (secondary N) is 1. The van der Waals surface area contributed by atoms with Crippen LogP contribution in [0.15, 0.2) is 59.1 Å². The number of hydrogen-bond donors (Lipinski definition) is 1. The smallest absolute Gasteiger partial charge is 0.338 e. The lowest BCUT2D eigenvalue weighted by atomic mass is 9.85. The molecule has 0 spiro atoms. The second-order valence-corrected chi connectivity index (χ2v) is 8.71. The molecule has 1 aliphatic carbocycles. The first kappa shape index (κ1) is 22.0. The molecule has 0 aromatic heterocycles. The number of nitrogens with zero attached hydrogens (tertiary/aromatic N) is 1. The van der Waals surface area contributed by atoms with Gasteiger partial charge in [0.25, 0.3) is 5.91 Å². The number of amides is 3. The van der Waals surface area contributed by atoms with Gasteiger partial charge in [-0.3, -0.25) is 19.3 Å². The Morgan fingerprint density at radius 1 is 1.03 bits per heavy atom. The average Bonchev–Trinajstić information content (AvgIpc) is 3.04. The molecule has 2 aliphatic rings. The molecule has 1 N–H and O–H groups in total. The molecule has 2 aromatic rings. The second-order valence-electron chi connectivity index (χ2n) is 7.80. The predicted molar refractivity (Wildman–Crippen MR) is 122 cm³/mol. The van der Waals surface area contributed by atoms with Crippen molar-refractivity contribution in [2.45, 2.75) is 19.8 Å². The zero-order valence-electron chi connectivity index (χ0n) is 17.3. The molecule has 0 unspecified atom stereocenters. The first-order valence-electron chi connectivity index (χ1n) is 10.2. The number of anilines is 2. The number of allylic oxidation sites excluding steroid dienone is 2. The Balaban J connectivity index is 1.36. The van der Waals surface area contributed by atoms with Crippen molar-refractivity contribution in [3.63, 3.8) is 0 Å². The van der Waals surface area contributed by atoms with Crippen LogP contribution in [0.25, 0.3) is 0 Å². The van der Waals surface area contributed by atoms with E-state index in [-0.39, 0.29) is 29.2 Å². The van der Waals surface area contributed by atoms with Gasteiger partial charge in [-0.15, -0.1) is 0 Å². The third-order valence-electron chi connectivity index (χ3n) is 5.67. The van der Waals surface area contributed by atoms with Crippen LogP contribution in [0.4, 0.5) is 11.4 Å². The number of halogens is 1. The van der Waals surface area contributed by atoms with Crippen LogP contribution in [-0.2, 0) is 19.1 Å².